The van der Waals surface area contributed by atoms with E-state index in [1.807, 2.05) is 6.08 Å². The monoisotopic (exact) mass is 386 g/mol. The molecule has 0 aliphatic heterocycles. The summed E-state index contributed by atoms with van der Waals surface area (Å²) in [4.78, 5) is 36.8. The lowest BCUT2D eigenvalue weighted by Crippen LogP contribution is -2.59. The normalized spacial score (nSPS) is 47.5. The van der Waals surface area contributed by atoms with Gasteiger partial charge in [-0.1, -0.05) is 26.3 Å². The van der Waals surface area contributed by atoms with Crippen molar-refractivity contribution in [3.05, 3.63) is 11.6 Å². The van der Waals surface area contributed by atoms with Crippen LogP contribution in [0.15, 0.2) is 11.6 Å². The Labute approximate surface area is 168 Å². The Hall–Kier alpha value is -1.45. The summed E-state index contributed by atoms with van der Waals surface area (Å²) in [6, 6.07) is 0. The van der Waals surface area contributed by atoms with Crippen molar-refractivity contribution in [3.63, 3.8) is 0 Å². The first-order valence-electron chi connectivity index (χ1n) is 11.0. The third kappa shape index (κ3) is 2.45. The summed E-state index contributed by atoms with van der Waals surface area (Å²) < 4.78 is 5.84. The van der Waals surface area contributed by atoms with Crippen LogP contribution in [0.5, 0.6) is 0 Å². The van der Waals surface area contributed by atoms with Crippen LogP contribution in [0.2, 0.25) is 0 Å². The molecule has 4 rings (SSSR count). The number of esters is 1. The summed E-state index contributed by atoms with van der Waals surface area (Å²) in [6.07, 6.45) is 8.19. The first-order valence-corrected chi connectivity index (χ1v) is 11.0. The number of allylic oxidation sites excluding steroid dienone is 1. The third-order valence-electron chi connectivity index (χ3n) is 9.29. The number of carbonyl (C=O) groups is 3. The van der Waals surface area contributed by atoms with Gasteiger partial charge in [-0.15, -0.1) is 0 Å². The van der Waals surface area contributed by atoms with Gasteiger partial charge in [0.05, 0.1) is 0 Å². The molecule has 3 saturated carbocycles. The molecule has 0 saturated heterocycles. The van der Waals surface area contributed by atoms with E-state index in [4.69, 9.17) is 4.74 Å². The van der Waals surface area contributed by atoms with Gasteiger partial charge in [0, 0.05) is 18.8 Å². The highest BCUT2D eigenvalue weighted by Crippen LogP contribution is 2.69. The average molecular weight is 387 g/mol. The average Bonchev–Trinajstić information content (AvgIpc) is 2.90. The van der Waals surface area contributed by atoms with E-state index in [0.717, 1.165) is 32.1 Å². The number of ether oxygens (including phenoxy) is 1. The standard InChI is InChI=1S/C24H34O4/c1-14-12-18-19(22(4)9-6-17(27)13-21(14)22)7-10-23(5)20(18)8-11-24(23,15(2)25)28-16(3)26/h13-14,18-20H,6-12H2,1-5H3/t14-,18?,19?,20?,22?,23?,24?/m0/s1. The van der Waals surface area contributed by atoms with Crippen molar-refractivity contribution >= 4 is 17.5 Å². The molecule has 4 nitrogen and oxygen atoms in total. The van der Waals surface area contributed by atoms with Gasteiger partial charge in [-0.05, 0) is 80.6 Å². The van der Waals surface area contributed by atoms with Crippen LogP contribution in [0.25, 0.3) is 0 Å². The SMILES string of the molecule is CC(=O)OC1(C(C)=O)CCC2C3C[C@H](C)C4=CC(=O)CCC4(C)C3CCC21C. The zero-order valence-electron chi connectivity index (χ0n) is 18.0. The van der Waals surface area contributed by atoms with Crippen molar-refractivity contribution < 1.29 is 19.1 Å². The number of carbonyl (C=O) groups excluding carboxylic acids is 3. The minimum atomic E-state index is -0.961. The molecule has 0 aromatic heterocycles. The van der Waals surface area contributed by atoms with Crippen molar-refractivity contribution in [2.45, 2.75) is 85.2 Å². The molecule has 6 unspecified atom stereocenters. The van der Waals surface area contributed by atoms with Gasteiger partial charge >= 0.3 is 5.97 Å². The molecule has 4 aliphatic carbocycles. The molecular weight excluding hydrogens is 352 g/mol. The molecule has 0 aromatic rings. The number of hydrogen-bond donors (Lipinski definition) is 0. The van der Waals surface area contributed by atoms with Gasteiger partial charge < -0.3 is 4.74 Å². The summed E-state index contributed by atoms with van der Waals surface area (Å²) in [5, 5.41) is 0. The molecule has 28 heavy (non-hydrogen) atoms. The summed E-state index contributed by atoms with van der Waals surface area (Å²) in [7, 11) is 0. The Bertz CT molecular complexity index is 767. The van der Waals surface area contributed by atoms with E-state index in [1.54, 1.807) is 6.92 Å². The van der Waals surface area contributed by atoms with Crippen molar-refractivity contribution in [1.29, 1.82) is 0 Å². The third-order valence-corrected chi connectivity index (χ3v) is 9.29. The Morgan fingerprint density at radius 1 is 1.07 bits per heavy atom. The van der Waals surface area contributed by atoms with Gasteiger partial charge in [0.2, 0.25) is 0 Å². The lowest BCUT2D eigenvalue weighted by Gasteiger charge is -2.60. The van der Waals surface area contributed by atoms with E-state index in [-0.39, 0.29) is 28.4 Å². The molecule has 4 heteroatoms. The Morgan fingerprint density at radius 2 is 1.75 bits per heavy atom. The van der Waals surface area contributed by atoms with Crippen LogP contribution in [0.3, 0.4) is 0 Å². The number of hydrogen-bond acceptors (Lipinski definition) is 4. The smallest absolute Gasteiger partial charge is 0.303 e. The van der Waals surface area contributed by atoms with E-state index in [1.165, 1.54) is 12.5 Å². The van der Waals surface area contributed by atoms with Crippen LogP contribution < -0.4 is 0 Å². The molecule has 0 spiro atoms. The second kappa shape index (κ2) is 6.27. The molecule has 7 atom stereocenters. The summed E-state index contributed by atoms with van der Waals surface area (Å²) in [5.41, 5.74) is 0.218. The Morgan fingerprint density at radius 3 is 2.39 bits per heavy atom. The number of rotatable bonds is 2. The number of fused-ring (bicyclic) bond motifs is 5. The largest absolute Gasteiger partial charge is 0.451 e. The maximum Gasteiger partial charge on any atom is 0.303 e. The van der Waals surface area contributed by atoms with Gasteiger partial charge in [-0.3, -0.25) is 14.4 Å². The zero-order chi connectivity index (χ0) is 20.5. The van der Waals surface area contributed by atoms with Crippen molar-refractivity contribution in [2.75, 3.05) is 0 Å². The highest BCUT2D eigenvalue weighted by molar-refractivity contribution is 5.92. The molecule has 0 amide bonds. The van der Waals surface area contributed by atoms with Gasteiger partial charge in [0.25, 0.3) is 0 Å². The summed E-state index contributed by atoms with van der Waals surface area (Å²) in [6.45, 7) is 9.87. The Kier molecular flexibility index (Phi) is 4.45. The van der Waals surface area contributed by atoms with Crippen molar-refractivity contribution in [3.8, 4) is 0 Å². The predicted octanol–water partition coefficient (Wildman–Crippen LogP) is 4.66. The minimum absolute atomic E-state index is 0.00469. The lowest BCUT2D eigenvalue weighted by atomic mass is 9.44. The van der Waals surface area contributed by atoms with Crippen molar-refractivity contribution in [2.24, 2.45) is 34.5 Å². The van der Waals surface area contributed by atoms with Gasteiger partial charge in [-0.25, -0.2) is 0 Å². The summed E-state index contributed by atoms with van der Waals surface area (Å²) >= 11 is 0. The van der Waals surface area contributed by atoms with Crippen LogP contribution in [0.4, 0.5) is 0 Å². The molecule has 0 radical (unpaired) electrons. The minimum Gasteiger partial charge on any atom is -0.451 e. The van der Waals surface area contributed by atoms with Crippen LogP contribution in [-0.4, -0.2) is 23.1 Å². The molecule has 0 N–H and O–H groups in total. The lowest BCUT2D eigenvalue weighted by molar-refractivity contribution is -0.187. The number of ketones is 2. The van der Waals surface area contributed by atoms with Gasteiger partial charge in [0.15, 0.2) is 17.2 Å². The van der Waals surface area contributed by atoms with E-state index < -0.39 is 5.60 Å². The summed E-state index contributed by atoms with van der Waals surface area (Å²) in [5.74, 6) is 1.82. The topological polar surface area (TPSA) is 60.4 Å². The van der Waals surface area contributed by atoms with Crippen LogP contribution in [-0.2, 0) is 19.1 Å². The molecule has 0 heterocycles. The second-order valence-electron chi connectivity index (χ2n) is 10.5. The van der Waals surface area contributed by atoms with E-state index in [0.29, 0.717) is 36.5 Å². The predicted molar refractivity (Wildman–Crippen MR) is 106 cm³/mol. The van der Waals surface area contributed by atoms with E-state index >= 15 is 0 Å². The van der Waals surface area contributed by atoms with Crippen LogP contribution in [0, 0.1) is 34.5 Å². The first kappa shape index (κ1) is 19.8. The Balaban J connectivity index is 1.73. The van der Waals surface area contributed by atoms with E-state index in [2.05, 4.69) is 20.8 Å². The van der Waals surface area contributed by atoms with Gasteiger partial charge in [0.1, 0.15) is 0 Å². The highest BCUT2D eigenvalue weighted by Gasteiger charge is 2.68. The maximum atomic E-state index is 12.8. The maximum absolute atomic E-state index is 12.8. The molecule has 3 fully saturated rings. The molecule has 0 bridgehead atoms. The zero-order valence-corrected chi connectivity index (χ0v) is 18.0. The van der Waals surface area contributed by atoms with Gasteiger partial charge in [-0.2, -0.15) is 0 Å². The first-order chi connectivity index (χ1) is 13.0. The van der Waals surface area contributed by atoms with Crippen molar-refractivity contribution in [1.82, 2.24) is 0 Å². The molecule has 154 valence electrons. The second-order valence-corrected chi connectivity index (χ2v) is 10.5. The quantitative estimate of drug-likeness (QED) is 0.648. The highest BCUT2D eigenvalue weighted by atomic mass is 16.6. The van der Waals surface area contributed by atoms with Crippen LogP contribution >= 0.6 is 0 Å². The van der Waals surface area contributed by atoms with E-state index in [9.17, 15) is 14.4 Å². The number of Topliss-reactive ketones (excluding diaryl/α,β-unsaturated/α-hetero) is 1. The fraction of sp³-hybridized carbons (Fsp3) is 0.792. The van der Waals surface area contributed by atoms with Crippen LogP contribution in [0.1, 0.15) is 79.6 Å². The molecule has 4 aliphatic rings. The fourth-order valence-electron chi connectivity index (χ4n) is 8.05. The molecular formula is C24H34O4. The molecule has 0 aromatic carbocycles. The fourth-order valence-corrected chi connectivity index (χ4v) is 8.05.